The van der Waals surface area contributed by atoms with Crippen LogP contribution in [0.5, 0.6) is 0 Å². The lowest BCUT2D eigenvalue weighted by Crippen LogP contribution is -2.47. The highest BCUT2D eigenvalue weighted by atomic mass is 16.5. The molecule has 1 aliphatic rings. The van der Waals surface area contributed by atoms with Gasteiger partial charge in [-0.2, -0.15) is 0 Å². The molecule has 1 heterocycles. The highest BCUT2D eigenvalue weighted by molar-refractivity contribution is 5.81. The van der Waals surface area contributed by atoms with Crippen LogP contribution < -0.4 is 10.6 Å². The van der Waals surface area contributed by atoms with Gasteiger partial charge in [-0.15, -0.1) is 0 Å². The fourth-order valence-corrected chi connectivity index (χ4v) is 1.69. The van der Waals surface area contributed by atoms with E-state index in [1.165, 1.54) is 6.42 Å². The first-order chi connectivity index (χ1) is 7.70. The number of hydrogen-bond donors (Lipinski definition) is 2. The third kappa shape index (κ3) is 5.28. The Morgan fingerprint density at radius 1 is 1.56 bits per heavy atom. The van der Waals surface area contributed by atoms with Crippen LogP contribution >= 0.6 is 0 Å². The molecule has 1 atom stereocenters. The maximum absolute atomic E-state index is 11.6. The van der Waals surface area contributed by atoms with E-state index in [9.17, 15) is 4.79 Å². The molecular formula is C12H22N2O2. The number of carbonyl (C=O) groups excluding carboxylic acids is 1. The summed E-state index contributed by atoms with van der Waals surface area (Å²) in [6.07, 6.45) is 3.25. The smallest absolute Gasteiger partial charge is 0.237 e. The summed E-state index contributed by atoms with van der Waals surface area (Å²) < 4.78 is 5.30. The minimum Gasteiger partial charge on any atom is -0.375 e. The molecule has 92 valence electrons. The Balaban J connectivity index is 2.03. The molecule has 1 aliphatic heterocycles. The Kier molecular flexibility index (Phi) is 6.11. The van der Waals surface area contributed by atoms with Crippen molar-refractivity contribution >= 4 is 5.91 Å². The fraction of sp³-hybridized carbons (Fsp3) is 0.750. The standard InChI is InChI=1S/C12H22N2O2/c1-10(2)9-16-8-7-14-12(15)11-5-3-4-6-13-11/h11,13H,1,3-9H2,2H3,(H,14,15)/t11-/m0/s1. The second kappa shape index (κ2) is 7.41. The third-order valence-corrected chi connectivity index (χ3v) is 2.52. The van der Waals surface area contributed by atoms with Crippen molar-refractivity contribution in [3.05, 3.63) is 12.2 Å². The van der Waals surface area contributed by atoms with E-state index in [4.69, 9.17) is 4.74 Å². The Morgan fingerprint density at radius 3 is 3.00 bits per heavy atom. The molecular weight excluding hydrogens is 204 g/mol. The first-order valence-corrected chi connectivity index (χ1v) is 5.93. The van der Waals surface area contributed by atoms with E-state index in [0.717, 1.165) is 25.0 Å². The van der Waals surface area contributed by atoms with Gasteiger partial charge in [0, 0.05) is 6.54 Å². The molecule has 16 heavy (non-hydrogen) atoms. The van der Waals surface area contributed by atoms with Crippen LogP contribution in [0.25, 0.3) is 0 Å². The second-order valence-corrected chi connectivity index (χ2v) is 4.30. The highest BCUT2D eigenvalue weighted by Crippen LogP contribution is 2.06. The van der Waals surface area contributed by atoms with Crippen LogP contribution in [0.15, 0.2) is 12.2 Å². The molecule has 2 N–H and O–H groups in total. The van der Waals surface area contributed by atoms with E-state index in [1.807, 2.05) is 6.92 Å². The van der Waals surface area contributed by atoms with Crippen LogP contribution in [0.2, 0.25) is 0 Å². The zero-order chi connectivity index (χ0) is 11.8. The van der Waals surface area contributed by atoms with Gasteiger partial charge >= 0.3 is 0 Å². The Hall–Kier alpha value is -0.870. The Morgan fingerprint density at radius 2 is 2.38 bits per heavy atom. The van der Waals surface area contributed by atoms with Crippen molar-refractivity contribution in [1.29, 1.82) is 0 Å². The maximum Gasteiger partial charge on any atom is 0.237 e. The number of ether oxygens (including phenoxy) is 1. The molecule has 1 rings (SSSR count). The van der Waals surface area contributed by atoms with Crippen molar-refractivity contribution in [2.75, 3.05) is 26.3 Å². The number of carbonyl (C=O) groups is 1. The van der Waals surface area contributed by atoms with Crippen molar-refractivity contribution in [2.24, 2.45) is 0 Å². The lowest BCUT2D eigenvalue weighted by atomic mass is 10.0. The van der Waals surface area contributed by atoms with Gasteiger partial charge < -0.3 is 15.4 Å². The van der Waals surface area contributed by atoms with E-state index >= 15 is 0 Å². The van der Waals surface area contributed by atoms with Gasteiger partial charge in [-0.1, -0.05) is 18.6 Å². The average Bonchev–Trinajstić information content (AvgIpc) is 2.29. The Labute approximate surface area is 97.4 Å². The summed E-state index contributed by atoms with van der Waals surface area (Å²) >= 11 is 0. The first-order valence-electron chi connectivity index (χ1n) is 5.93. The zero-order valence-corrected chi connectivity index (χ0v) is 10.1. The van der Waals surface area contributed by atoms with Crippen LogP contribution in [-0.2, 0) is 9.53 Å². The monoisotopic (exact) mass is 226 g/mol. The van der Waals surface area contributed by atoms with Crippen LogP contribution in [0, 0.1) is 0 Å². The molecule has 4 heteroatoms. The molecule has 0 aliphatic carbocycles. The van der Waals surface area contributed by atoms with E-state index in [0.29, 0.717) is 19.8 Å². The van der Waals surface area contributed by atoms with E-state index in [1.54, 1.807) is 0 Å². The van der Waals surface area contributed by atoms with Gasteiger partial charge in [-0.05, 0) is 26.3 Å². The van der Waals surface area contributed by atoms with Gasteiger partial charge in [0.1, 0.15) is 0 Å². The quantitative estimate of drug-likeness (QED) is 0.521. The minimum atomic E-state index is -0.00473. The van der Waals surface area contributed by atoms with E-state index in [-0.39, 0.29) is 11.9 Å². The maximum atomic E-state index is 11.6. The molecule has 1 saturated heterocycles. The van der Waals surface area contributed by atoms with Crippen LogP contribution in [-0.4, -0.2) is 38.3 Å². The molecule has 0 aromatic rings. The topological polar surface area (TPSA) is 50.4 Å². The normalized spacial score (nSPS) is 20.4. The number of hydrogen-bond acceptors (Lipinski definition) is 3. The molecule has 1 amide bonds. The first kappa shape index (κ1) is 13.2. The van der Waals surface area contributed by atoms with Crippen LogP contribution in [0.3, 0.4) is 0 Å². The number of piperidine rings is 1. The van der Waals surface area contributed by atoms with Gasteiger partial charge in [-0.25, -0.2) is 0 Å². The fourth-order valence-electron chi connectivity index (χ4n) is 1.69. The average molecular weight is 226 g/mol. The number of nitrogens with one attached hydrogen (secondary N) is 2. The van der Waals surface area contributed by atoms with E-state index in [2.05, 4.69) is 17.2 Å². The number of amides is 1. The van der Waals surface area contributed by atoms with Gasteiger partial charge in [0.05, 0.1) is 19.3 Å². The summed E-state index contributed by atoms with van der Waals surface area (Å²) in [5.74, 6) is 0.0959. The summed E-state index contributed by atoms with van der Waals surface area (Å²) in [4.78, 5) is 11.6. The summed E-state index contributed by atoms with van der Waals surface area (Å²) in [6, 6.07) is -0.00473. The minimum absolute atomic E-state index is 0.00473. The van der Waals surface area contributed by atoms with Gasteiger partial charge in [0.25, 0.3) is 0 Å². The Bertz CT molecular complexity index is 235. The second-order valence-electron chi connectivity index (χ2n) is 4.30. The van der Waals surface area contributed by atoms with Crippen LogP contribution in [0.4, 0.5) is 0 Å². The zero-order valence-electron chi connectivity index (χ0n) is 10.1. The van der Waals surface area contributed by atoms with Gasteiger partial charge in [0.2, 0.25) is 5.91 Å². The summed E-state index contributed by atoms with van der Waals surface area (Å²) in [6.45, 7) is 8.30. The molecule has 0 saturated carbocycles. The molecule has 1 fully saturated rings. The third-order valence-electron chi connectivity index (χ3n) is 2.52. The molecule has 4 nitrogen and oxygen atoms in total. The van der Waals surface area contributed by atoms with Gasteiger partial charge in [-0.3, -0.25) is 4.79 Å². The van der Waals surface area contributed by atoms with Crippen molar-refractivity contribution in [1.82, 2.24) is 10.6 Å². The molecule has 0 bridgehead atoms. The molecule has 0 radical (unpaired) electrons. The van der Waals surface area contributed by atoms with Crippen molar-refractivity contribution in [3.8, 4) is 0 Å². The molecule has 0 aromatic heterocycles. The van der Waals surface area contributed by atoms with Crippen molar-refractivity contribution < 1.29 is 9.53 Å². The lowest BCUT2D eigenvalue weighted by Gasteiger charge is -2.22. The predicted molar refractivity (Wildman–Crippen MR) is 64.3 cm³/mol. The summed E-state index contributed by atoms with van der Waals surface area (Å²) in [7, 11) is 0. The van der Waals surface area contributed by atoms with Gasteiger partial charge in [0.15, 0.2) is 0 Å². The van der Waals surface area contributed by atoms with Crippen molar-refractivity contribution in [2.45, 2.75) is 32.2 Å². The predicted octanol–water partition coefficient (Wildman–Crippen LogP) is 0.837. The molecule has 0 unspecified atom stereocenters. The summed E-state index contributed by atoms with van der Waals surface area (Å²) in [5.41, 5.74) is 1.00. The van der Waals surface area contributed by atoms with Crippen LogP contribution in [0.1, 0.15) is 26.2 Å². The lowest BCUT2D eigenvalue weighted by molar-refractivity contribution is -0.123. The molecule has 0 spiro atoms. The summed E-state index contributed by atoms with van der Waals surface area (Å²) in [5, 5.41) is 6.08. The van der Waals surface area contributed by atoms with Crippen molar-refractivity contribution in [3.63, 3.8) is 0 Å². The van der Waals surface area contributed by atoms with E-state index < -0.39 is 0 Å². The largest absolute Gasteiger partial charge is 0.375 e. The number of rotatable bonds is 6. The SMILES string of the molecule is C=C(C)COCCNC(=O)[C@@H]1CCCCN1. The molecule has 0 aromatic carbocycles. The highest BCUT2D eigenvalue weighted by Gasteiger charge is 2.19.